The molecule has 102 valence electrons. The maximum Gasteiger partial charge on any atom is 0.409 e. The maximum atomic E-state index is 11.7. The van der Waals surface area contributed by atoms with E-state index < -0.39 is 0 Å². The van der Waals surface area contributed by atoms with Crippen molar-refractivity contribution < 1.29 is 14.3 Å². The number of nitrogens with zero attached hydrogens (tertiary/aromatic N) is 1. The van der Waals surface area contributed by atoms with Gasteiger partial charge in [0.1, 0.15) is 6.10 Å². The number of amides is 2. The minimum atomic E-state index is -0.321. The van der Waals surface area contributed by atoms with Crippen molar-refractivity contribution >= 4 is 33.6 Å². The first-order valence-electron chi connectivity index (χ1n) is 6.02. The second kappa shape index (κ2) is 6.06. The minimum absolute atomic E-state index is 0.0760. The zero-order valence-corrected chi connectivity index (χ0v) is 12.1. The predicted molar refractivity (Wildman–Crippen MR) is 74.9 cm³/mol. The first-order valence-corrected chi connectivity index (χ1v) is 6.81. The highest BCUT2D eigenvalue weighted by Gasteiger charge is 2.28. The highest BCUT2D eigenvalue weighted by atomic mass is 79.9. The topological polar surface area (TPSA) is 58.6 Å². The van der Waals surface area contributed by atoms with Gasteiger partial charge in [-0.1, -0.05) is 15.9 Å². The van der Waals surface area contributed by atoms with Crippen LogP contribution in [-0.2, 0) is 9.53 Å². The molecule has 1 fully saturated rings. The summed E-state index contributed by atoms with van der Waals surface area (Å²) < 4.78 is 6.05. The highest BCUT2D eigenvalue weighted by molar-refractivity contribution is 9.10. The molecule has 2 rings (SSSR count). The molecule has 1 unspecified atom stereocenters. The van der Waals surface area contributed by atoms with Crippen molar-refractivity contribution in [3.05, 3.63) is 28.7 Å². The quantitative estimate of drug-likeness (QED) is 0.925. The lowest BCUT2D eigenvalue weighted by molar-refractivity contribution is -0.116. The van der Waals surface area contributed by atoms with Crippen LogP contribution >= 0.6 is 15.9 Å². The van der Waals surface area contributed by atoms with Crippen LogP contribution in [0.25, 0.3) is 0 Å². The van der Waals surface area contributed by atoms with Gasteiger partial charge in [-0.25, -0.2) is 4.79 Å². The molecule has 1 aromatic carbocycles. The van der Waals surface area contributed by atoms with E-state index in [0.717, 1.165) is 10.2 Å². The Labute approximate surface area is 120 Å². The van der Waals surface area contributed by atoms with Crippen molar-refractivity contribution in [3.8, 4) is 0 Å². The van der Waals surface area contributed by atoms with Crippen LogP contribution in [0.3, 0.4) is 0 Å². The number of hydrogen-bond donors (Lipinski definition) is 1. The smallest absolute Gasteiger partial charge is 0.409 e. The zero-order valence-electron chi connectivity index (χ0n) is 10.6. The van der Waals surface area contributed by atoms with Crippen LogP contribution in [0.1, 0.15) is 12.8 Å². The number of benzene rings is 1. The second-order valence-electron chi connectivity index (χ2n) is 4.48. The van der Waals surface area contributed by atoms with Gasteiger partial charge in [0.15, 0.2) is 0 Å². The Balaban J connectivity index is 1.76. The number of carbonyl (C=O) groups is 2. The van der Waals surface area contributed by atoms with Crippen LogP contribution < -0.4 is 5.32 Å². The molecule has 6 heteroatoms. The van der Waals surface area contributed by atoms with Gasteiger partial charge < -0.3 is 15.0 Å². The molecular formula is C13H15BrN2O3. The van der Waals surface area contributed by atoms with Gasteiger partial charge in [-0.05, 0) is 30.7 Å². The summed E-state index contributed by atoms with van der Waals surface area (Å²) in [5.41, 5.74) is 0.758. The Morgan fingerprint density at radius 3 is 2.74 bits per heavy atom. The number of halogens is 1. The summed E-state index contributed by atoms with van der Waals surface area (Å²) in [6.07, 6.45) is 0.367. The number of carbonyl (C=O) groups excluding carboxylic acids is 2. The molecule has 0 bridgehead atoms. The van der Waals surface area contributed by atoms with E-state index in [1.165, 1.54) is 4.90 Å². The van der Waals surface area contributed by atoms with Crippen molar-refractivity contribution in [1.82, 2.24) is 4.90 Å². The van der Waals surface area contributed by atoms with Crippen molar-refractivity contribution in [2.75, 3.05) is 18.9 Å². The van der Waals surface area contributed by atoms with Crippen LogP contribution in [0, 0.1) is 0 Å². The summed E-state index contributed by atoms with van der Waals surface area (Å²) in [7, 11) is 1.68. The molecule has 2 amide bonds. The molecule has 1 atom stereocenters. The number of hydrogen-bond acceptors (Lipinski definition) is 3. The van der Waals surface area contributed by atoms with Crippen LogP contribution in [0.15, 0.2) is 28.7 Å². The van der Waals surface area contributed by atoms with E-state index in [1.54, 1.807) is 7.05 Å². The SMILES string of the molecule is CN1CC(CCC(=O)Nc2ccc(Br)cc2)OC1=O. The van der Waals surface area contributed by atoms with Crippen molar-refractivity contribution in [2.45, 2.75) is 18.9 Å². The summed E-state index contributed by atoms with van der Waals surface area (Å²) in [4.78, 5) is 24.4. The Hall–Kier alpha value is -1.56. The highest BCUT2D eigenvalue weighted by Crippen LogP contribution is 2.16. The average molecular weight is 327 g/mol. The number of ether oxygens (including phenoxy) is 1. The van der Waals surface area contributed by atoms with Gasteiger partial charge in [0, 0.05) is 23.6 Å². The van der Waals surface area contributed by atoms with E-state index in [4.69, 9.17) is 4.74 Å². The molecular weight excluding hydrogens is 312 g/mol. The van der Waals surface area contributed by atoms with Gasteiger partial charge in [0.05, 0.1) is 6.54 Å². The van der Waals surface area contributed by atoms with Crippen LogP contribution in [0.5, 0.6) is 0 Å². The number of nitrogens with one attached hydrogen (secondary N) is 1. The summed E-state index contributed by atoms with van der Waals surface area (Å²) in [6.45, 7) is 0.546. The van der Waals surface area contributed by atoms with E-state index in [9.17, 15) is 9.59 Å². The van der Waals surface area contributed by atoms with Gasteiger partial charge >= 0.3 is 6.09 Å². The zero-order chi connectivity index (χ0) is 13.8. The summed E-state index contributed by atoms with van der Waals surface area (Å²) >= 11 is 3.33. The van der Waals surface area contributed by atoms with Gasteiger partial charge in [0.2, 0.25) is 5.91 Å². The molecule has 5 nitrogen and oxygen atoms in total. The third kappa shape index (κ3) is 3.96. The first-order chi connectivity index (χ1) is 9.04. The molecule has 1 saturated heterocycles. The summed E-state index contributed by atoms with van der Waals surface area (Å²) in [5.74, 6) is -0.0760. The number of cyclic esters (lactones) is 1. The Kier molecular flexibility index (Phi) is 4.42. The number of rotatable bonds is 4. The lowest BCUT2D eigenvalue weighted by Gasteiger charge is -2.08. The van der Waals surface area contributed by atoms with Crippen LogP contribution in [0.2, 0.25) is 0 Å². The van der Waals surface area contributed by atoms with E-state index >= 15 is 0 Å². The fourth-order valence-corrected chi connectivity index (χ4v) is 2.11. The molecule has 0 aromatic heterocycles. The maximum absolute atomic E-state index is 11.7. The second-order valence-corrected chi connectivity index (χ2v) is 5.40. The molecule has 0 saturated carbocycles. The van der Waals surface area contributed by atoms with Gasteiger partial charge in [-0.3, -0.25) is 4.79 Å². The van der Waals surface area contributed by atoms with Crippen LogP contribution in [0.4, 0.5) is 10.5 Å². The van der Waals surface area contributed by atoms with E-state index in [1.807, 2.05) is 24.3 Å². The van der Waals surface area contributed by atoms with Crippen molar-refractivity contribution in [1.29, 1.82) is 0 Å². The molecule has 19 heavy (non-hydrogen) atoms. The third-order valence-corrected chi connectivity index (χ3v) is 3.41. The molecule has 1 N–H and O–H groups in total. The fraction of sp³-hybridized carbons (Fsp3) is 0.385. The normalized spacial score (nSPS) is 18.3. The summed E-state index contributed by atoms with van der Waals surface area (Å²) in [6, 6.07) is 7.38. The number of likely N-dealkylation sites (N-methyl/N-ethyl adjacent to an activating group) is 1. The summed E-state index contributed by atoms with van der Waals surface area (Å²) in [5, 5.41) is 2.80. The molecule has 1 aromatic rings. The monoisotopic (exact) mass is 326 g/mol. The first kappa shape index (κ1) is 13.9. The van der Waals surface area contributed by atoms with Crippen molar-refractivity contribution in [2.24, 2.45) is 0 Å². The molecule has 1 aliphatic rings. The lowest BCUT2D eigenvalue weighted by Crippen LogP contribution is -2.20. The molecule has 0 spiro atoms. The Morgan fingerprint density at radius 1 is 1.47 bits per heavy atom. The van der Waals surface area contributed by atoms with Crippen LogP contribution in [-0.4, -0.2) is 36.6 Å². The molecule has 0 radical (unpaired) electrons. The average Bonchev–Trinajstić information content (AvgIpc) is 2.69. The van der Waals surface area contributed by atoms with Crippen molar-refractivity contribution in [3.63, 3.8) is 0 Å². The lowest BCUT2D eigenvalue weighted by atomic mass is 10.2. The Morgan fingerprint density at radius 2 is 2.16 bits per heavy atom. The standard InChI is InChI=1S/C13H15BrN2O3/c1-16-8-11(19-13(16)18)6-7-12(17)15-10-4-2-9(14)3-5-10/h2-5,11H,6-8H2,1H3,(H,15,17). The van der Waals surface area contributed by atoms with E-state index in [2.05, 4.69) is 21.2 Å². The number of anilines is 1. The van der Waals surface area contributed by atoms with Gasteiger partial charge in [-0.2, -0.15) is 0 Å². The minimum Gasteiger partial charge on any atom is -0.444 e. The van der Waals surface area contributed by atoms with E-state index in [0.29, 0.717) is 19.4 Å². The molecule has 1 aliphatic heterocycles. The third-order valence-electron chi connectivity index (χ3n) is 2.88. The Bertz CT molecular complexity index is 475. The largest absolute Gasteiger partial charge is 0.444 e. The molecule has 0 aliphatic carbocycles. The van der Waals surface area contributed by atoms with Gasteiger partial charge in [0.25, 0.3) is 0 Å². The predicted octanol–water partition coefficient (Wildman–Crippen LogP) is 2.62. The van der Waals surface area contributed by atoms with E-state index in [-0.39, 0.29) is 18.1 Å². The molecule has 1 heterocycles. The van der Waals surface area contributed by atoms with Gasteiger partial charge in [-0.15, -0.1) is 0 Å². The fourth-order valence-electron chi connectivity index (χ4n) is 1.85.